The Hall–Kier alpha value is -1.55. The van der Waals surface area contributed by atoms with Crippen LogP contribution in [0.25, 0.3) is 0 Å². The second-order valence-corrected chi connectivity index (χ2v) is 5.45. The Bertz CT molecular complexity index is 469. The van der Waals surface area contributed by atoms with E-state index in [9.17, 15) is 9.90 Å². The van der Waals surface area contributed by atoms with Crippen LogP contribution in [0.15, 0.2) is 18.2 Å². The first-order chi connectivity index (χ1) is 8.99. The second kappa shape index (κ2) is 5.61. The van der Waals surface area contributed by atoms with Gasteiger partial charge in [-0.15, -0.1) is 0 Å². The molecule has 0 saturated heterocycles. The first kappa shape index (κ1) is 13.9. The number of phenolic OH excluding ortho intramolecular Hbond substituents is 1. The summed E-state index contributed by atoms with van der Waals surface area (Å²) in [4.78, 5) is 14.4. The van der Waals surface area contributed by atoms with Crippen molar-refractivity contribution < 1.29 is 9.90 Å². The minimum absolute atomic E-state index is 0.0754. The molecule has 4 heteroatoms. The van der Waals surface area contributed by atoms with Gasteiger partial charge in [0.15, 0.2) is 0 Å². The number of hydrogen-bond acceptors (Lipinski definition) is 3. The number of aromatic hydroxyl groups is 1. The van der Waals surface area contributed by atoms with Crippen molar-refractivity contribution in [1.82, 2.24) is 10.2 Å². The van der Waals surface area contributed by atoms with Crippen molar-refractivity contribution in [1.29, 1.82) is 0 Å². The Morgan fingerprint density at radius 3 is 2.79 bits per heavy atom. The molecule has 1 aliphatic carbocycles. The molecular formula is C15H22N2O2. The molecule has 19 heavy (non-hydrogen) atoms. The number of nitrogens with zero attached hydrogens (tertiary/aromatic N) is 1. The van der Waals surface area contributed by atoms with E-state index in [1.807, 2.05) is 6.92 Å². The van der Waals surface area contributed by atoms with Gasteiger partial charge in [-0.25, -0.2) is 0 Å². The largest absolute Gasteiger partial charge is 0.508 e. The molecule has 1 aliphatic rings. The van der Waals surface area contributed by atoms with Crippen molar-refractivity contribution in [2.45, 2.75) is 38.8 Å². The quantitative estimate of drug-likeness (QED) is 0.852. The second-order valence-electron chi connectivity index (χ2n) is 5.45. The third kappa shape index (κ3) is 3.47. The maximum absolute atomic E-state index is 12.1. The number of amides is 1. The highest BCUT2D eigenvalue weighted by atomic mass is 16.3. The summed E-state index contributed by atoms with van der Waals surface area (Å²) in [6.07, 6.45) is 2.54. The Balaban J connectivity index is 1.89. The third-order valence-electron chi connectivity index (χ3n) is 3.83. The van der Waals surface area contributed by atoms with Crippen LogP contribution in [-0.2, 0) is 0 Å². The van der Waals surface area contributed by atoms with Gasteiger partial charge < -0.3 is 10.4 Å². The number of benzene rings is 1. The van der Waals surface area contributed by atoms with Gasteiger partial charge in [0.25, 0.3) is 5.91 Å². The van der Waals surface area contributed by atoms with Gasteiger partial charge >= 0.3 is 0 Å². The molecule has 4 nitrogen and oxygen atoms in total. The summed E-state index contributed by atoms with van der Waals surface area (Å²) in [5.74, 6) is 0.115. The lowest BCUT2D eigenvalue weighted by molar-refractivity contribution is 0.0939. The van der Waals surface area contributed by atoms with Crippen LogP contribution in [0.5, 0.6) is 5.75 Å². The van der Waals surface area contributed by atoms with Gasteiger partial charge in [-0.05, 0) is 57.5 Å². The fourth-order valence-electron chi connectivity index (χ4n) is 2.22. The third-order valence-corrected chi connectivity index (χ3v) is 3.83. The van der Waals surface area contributed by atoms with Gasteiger partial charge in [0.05, 0.1) is 0 Å². The van der Waals surface area contributed by atoms with E-state index in [4.69, 9.17) is 0 Å². The van der Waals surface area contributed by atoms with Crippen LogP contribution < -0.4 is 5.32 Å². The van der Waals surface area contributed by atoms with Crippen molar-refractivity contribution in [3.05, 3.63) is 29.3 Å². The van der Waals surface area contributed by atoms with Gasteiger partial charge in [-0.3, -0.25) is 9.69 Å². The number of aryl methyl sites for hydroxylation is 1. The molecule has 1 amide bonds. The van der Waals surface area contributed by atoms with E-state index in [1.165, 1.54) is 12.8 Å². The molecule has 104 valence electrons. The molecule has 1 unspecified atom stereocenters. The predicted molar refractivity (Wildman–Crippen MR) is 75.4 cm³/mol. The van der Waals surface area contributed by atoms with Crippen LogP contribution >= 0.6 is 0 Å². The van der Waals surface area contributed by atoms with Gasteiger partial charge in [0.2, 0.25) is 0 Å². The highest BCUT2D eigenvalue weighted by molar-refractivity contribution is 5.95. The molecule has 0 heterocycles. The van der Waals surface area contributed by atoms with Gasteiger partial charge in [0, 0.05) is 24.2 Å². The van der Waals surface area contributed by atoms with E-state index in [0.29, 0.717) is 24.2 Å². The summed E-state index contributed by atoms with van der Waals surface area (Å²) >= 11 is 0. The van der Waals surface area contributed by atoms with Crippen molar-refractivity contribution in [2.24, 2.45) is 0 Å². The maximum Gasteiger partial charge on any atom is 0.251 e. The zero-order chi connectivity index (χ0) is 14.0. The van der Waals surface area contributed by atoms with Gasteiger partial charge in [-0.1, -0.05) is 0 Å². The Morgan fingerprint density at radius 1 is 1.53 bits per heavy atom. The lowest BCUT2D eigenvalue weighted by atomic mass is 10.1. The summed E-state index contributed by atoms with van der Waals surface area (Å²) < 4.78 is 0. The molecule has 0 bridgehead atoms. The number of hydrogen-bond donors (Lipinski definition) is 2. The van der Waals surface area contributed by atoms with Crippen LogP contribution in [0, 0.1) is 6.92 Å². The number of nitrogens with one attached hydrogen (secondary N) is 1. The Kier molecular flexibility index (Phi) is 4.10. The highest BCUT2D eigenvalue weighted by Gasteiger charge is 2.29. The van der Waals surface area contributed by atoms with Crippen LogP contribution in [0.2, 0.25) is 0 Å². The minimum Gasteiger partial charge on any atom is -0.508 e. The lowest BCUT2D eigenvalue weighted by Crippen LogP contribution is -2.41. The van der Waals surface area contributed by atoms with E-state index in [0.717, 1.165) is 5.56 Å². The van der Waals surface area contributed by atoms with Crippen molar-refractivity contribution in [2.75, 3.05) is 13.6 Å². The predicted octanol–water partition coefficient (Wildman–Crippen LogP) is 1.91. The summed E-state index contributed by atoms with van der Waals surface area (Å²) in [5, 5.41) is 12.3. The van der Waals surface area contributed by atoms with Crippen molar-refractivity contribution >= 4 is 5.91 Å². The smallest absolute Gasteiger partial charge is 0.251 e. The molecular weight excluding hydrogens is 240 g/mol. The van der Waals surface area contributed by atoms with Crippen LogP contribution in [0.1, 0.15) is 35.7 Å². The van der Waals surface area contributed by atoms with E-state index in [-0.39, 0.29) is 11.7 Å². The molecule has 2 N–H and O–H groups in total. The van der Waals surface area contributed by atoms with E-state index in [2.05, 4.69) is 24.2 Å². The summed E-state index contributed by atoms with van der Waals surface area (Å²) in [7, 11) is 2.11. The number of carbonyl (C=O) groups is 1. The summed E-state index contributed by atoms with van der Waals surface area (Å²) in [6, 6.07) is 5.85. The highest BCUT2D eigenvalue weighted by Crippen LogP contribution is 2.26. The lowest BCUT2D eigenvalue weighted by Gasteiger charge is -2.24. The van der Waals surface area contributed by atoms with Crippen molar-refractivity contribution in [3.63, 3.8) is 0 Å². The molecule has 0 aliphatic heterocycles. The number of likely N-dealkylation sites (N-methyl/N-ethyl adjacent to an activating group) is 1. The number of rotatable bonds is 5. The molecule has 1 aromatic rings. The van der Waals surface area contributed by atoms with Crippen LogP contribution in [0.4, 0.5) is 0 Å². The summed E-state index contributed by atoms with van der Waals surface area (Å²) in [5.41, 5.74) is 1.42. The summed E-state index contributed by atoms with van der Waals surface area (Å²) in [6.45, 7) is 4.60. The standard InChI is InChI=1S/C15H22N2O2/c1-10-8-13(18)6-7-14(10)15(19)16-9-11(2)17(3)12-4-5-12/h6-8,11-12,18H,4-5,9H2,1-3H3,(H,16,19). The fraction of sp³-hybridized carbons (Fsp3) is 0.533. The molecule has 1 atom stereocenters. The van der Waals surface area contributed by atoms with E-state index in [1.54, 1.807) is 18.2 Å². The average Bonchev–Trinajstić information content (AvgIpc) is 3.18. The molecule has 2 rings (SSSR count). The first-order valence-electron chi connectivity index (χ1n) is 6.79. The van der Waals surface area contributed by atoms with E-state index < -0.39 is 0 Å². The van der Waals surface area contributed by atoms with E-state index >= 15 is 0 Å². The minimum atomic E-state index is -0.0754. The van der Waals surface area contributed by atoms with Crippen molar-refractivity contribution in [3.8, 4) is 5.75 Å². The Labute approximate surface area is 114 Å². The zero-order valence-electron chi connectivity index (χ0n) is 11.8. The normalized spacial score (nSPS) is 16.4. The molecule has 1 fully saturated rings. The molecule has 0 spiro atoms. The molecule has 0 radical (unpaired) electrons. The first-order valence-corrected chi connectivity index (χ1v) is 6.79. The molecule has 0 aromatic heterocycles. The number of carbonyl (C=O) groups excluding carboxylic acids is 1. The monoisotopic (exact) mass is 262 g/mol. The zero-order valence-corrected chi connectivity index (χ0v) is 11.8. The van der Waals surface area contributed by atoms with Gasteiger partial charge in [-0.2, -0.15) is 0 Å². The molecule has 1 saturated carbocycles. The number of phenols is 1. The fourth-order valence-corrected chi connectivity index (χ4v) is 2.22. The molecule has 1 aromatic carbocycles. The van der Waals surface area contributed by atoms with Gasteiger partial charge in [0.1, 0.15) is 5.75 Å². The topological polar surface area (TPSA) is 52.6 Å². The van der Waals surface area contributed by atoms with Crippen LogP contribution in [0.3, 0.4) is 0 Å². The SMILES string of the molecule is Cc1cc(O)ccc1C(=O)NCC(C)N(C)C1CC1. The maximum atomic E-state index is 12.1. The Morgan fingerprint density at radius 2 is 2.21 bits per heavy atom. The van der Waals surface area contributed by atoms with Crippen LogP contribution in [-0.4, -0.2) is 41.6 Å². The average molecular weight is 262 g/mol.